The van der Waals surface area contributed by atoms with E-state index in [1.54, 1.807) is 0 Å². The maximum Gasteiger partial charge on any atom is 0.306 e. The van der Waals surface area contributed by atoms with Gasteiger partial charge in [-0.25, -0.2) is 0 Å². The van der Waals surface area contributed by atoms with Crippen molar-refractivity contribution in [2.24, 2.45) is 0 Å². The van der Waals surface area contributed by atoms with Crippen LogP contribution in [0.5, 0.6) is 0 Å². The molecule has 3 atom stereocenters. The number of phosphoric ester groups is 1. The zero-order valence-electron chi connectivity index (χ0n) is 55.6. The van der Waals surface area contributed by atoms with Crippen molar-refractivity contribution < 1.29 is 37.3 Å². The molecule has 0 bridgehead atoms. The first kappa shape index (κ1) is 80.9. The highest BCUT2D eigenvalue weighted by Crippen LogP contribution is 2.38. The lowest BCUT2D eigenvalue weighted by Crippen LogP contribution is -2.47. The van der Waals surface area contributed by atoms with Crippen molar-refractivity contribution in [3.63, 3.8) is 0 Å². The van der Waals surface area contributed by atoms with Crippen molar-refractivity contribution >= 4 is 19.7 Å². The molecule has 9 nitrogen and oxygen atoms in total. The van der Waals surface area contributed by atoms with Gasteiger partial charge in [0.2, 0.25) is 5.91 Å². The van der Waals surface area contributed by atoms with Crippen LogP contribution < -0.4 is 10.2 Å². The number of phosphoric acid groups is 1. The number of amides is 1. The minimum Gasteiger partial charge on any atom is -0.756 e. The quantitative estimate of drug-likeness (QED) is 0.0212. The first-order valence-corrected chi connectivity index (χ1v) is 36.5. The Balaban J connectivity index is 5.11. The van der Waals surface area contributed by atoms with Gasteiger partial charge in [0, 0.05) is 12.8 Å². The number of nitrogens with zero attached hydrogens (tertiary/aromatic N) is 1. The van der Waals surface area contributed by atoms with E-state index in [1.807, 2.05) is 33.3 Å². The molecule has 0 aliphatic carbocycles. The minimum atomic E-state index is -4.71. The van der Waals surface area contributed by atoms with Crippen LogP contribution in [0.15, 0.2) is 97.2 Å². The van der Waals surface area contributed by atoms with Crippen LogP contribution in [0.2, 0.25) is 0 Å². The van der Waals surface area contributed by atoms with Gasteiger partial charge in [0.05, 0.1) is 33.8 Å². The Morgan fingerprint density at radius 3 is 1.17 bits per heavy atom. The normalized spacial score (nSPS) is 14.1. The van der Waals surface area contributed by atoms with Crippen molar-refractivity contribution in [1.82, 2.24) is 5.32 Å². The van der Waals surface area contributed by atoms with E-state index in [0.717, 1.165) is 116 Å². The second-order valence-corrected chi connectivity index (χ2v) is 26.1. The van der Waals surface area contributed by atoms with Gasteiger partial charge in [-0.3, -0.25) is 14.2 Å². The van der Waals surface area contributed by atoms with E-state index >= 15 is 0 Å². The molecule has 10 heteroatoms. The Kier molecular flexibility index (Phi) is 60.7. The number of likely N-dealkylation sites (N-methyl/N-ethyl adjacent to an activating group) is 1. The van der Waals surface area contributed by atoms with E-state index in [9.17, 15) is 19.0 Å². The summed E-state index contributed by atoms with van der Waals surface area (Å²) in [5.41, 5.74) is 0. The zero-order chi connectivity index (χ0) is 61.4. The molecule has 0 aromatic heterocycles. The molecule has 0 heterocycles. The van der Waals surface area contributed by atoms with E-state index in [-0.39, 0.29) is 24.9 Å². The molecular formula is C74H133N2O7P. The highest BCUT2D eigenvalue weighted by Gasteiger charge is 2.27. The summed E-state index contributed by atoms with van der Waals surface area (Å²) in [7, 11) is 1.18. The number of hydrogen-bond acceptors (Lipinski definition) is 7. The van der Waals surface area contributed by atoms with Gasteiger partial charge in [-0.1, -0.05) is 285 Å². The summed E-state index contributed by atoms with van der Waals surface area (Å²) in [6.45, 7) is 6.72. The Labute approximate surface area is 519 Å². The molecule has 0 fully saturated rings. The number of unbranched alkanes of at least 4 members (excludes halogenated alkanes) is 33. The summed E-state index contributed by atoms with van der Waals surface area (Å²) in [6, 6.07) is -0.898. The molecule has 0 spiro atoms. The second kappa shape index (κ2) is 63.0. The zero-order valence-corrected chi connectivity index (χ0v) is 56.5. The molecule has 84 heavy (non-hydrogen) atoms. The van der Waals surface area contributed by atoms with Crippen LogP contribution >= 0.6 is 7.82 Å². The smallest absolute Gasteiger partial charge is 0.306 e. The topological polar surface area (TPSA) is 114 Å². The molecular weight excluding hydrogens is 1060 g/mol. The minimum absolute atomic E-state index is 0.0269. The molecule has 0 aromatic rings. The molecule has 1 amide bonds. The third kappa shape index (κ3) is 63.4. The van der Waals surface area contributed by atoms with Gasteiger partial charge in [0.15, 0.2) is 0 Å². The molecule has 0 saturated heterocycles. The number of hydrogen-bond donors (Lipinski definition) is 1. The Morgan fingerprint density at radius 1 is 0.429 bits per heavy atom. The number of carbonyl (C=O) groups excluding carboxylic acids is 2. The summed E-state index contributed by atoms with van der Waals surface area (Å²) >= 11 is 0. The SMILES string of the molecule is CC/C=C\C/C=C\C/C=C\C/C=C\C/C=C\CCCCCCCCCCCC(=O)OC(/C=C/CCCCCCCCCCCC)C(COP(=O)([O-])OCC[N+](C)(C)C)NC(=O)CCCCCCCCCCCCC/C=C\C/C=C\CCCCC. The molecule has 0 rings (SSSR count). The van der Waals surface area contributed by atoms with Gasteiger partial charge in [0.1, 0.15) is 19.3 Å². The molecule has 0 saturated carbocycles. The van der Waals surface area contributed by atoms with Crippen molar-refractivity contribution in [1.29, 1.82) is 0 Å². The summed E-state index contributed by atoms with van der Waals surface area (Å²) in [4.78, 5) is 40.2. The molecule has 486 valence electrons. The molecule has 0 radical (unpaired) electrons. The maximum atomic E-state index is 13.6. The average Bonchev–Trinajstić information content (AvgIpc) is 3.64. The molecule has 0 aromatic carbocycles. The van der Waals surface area contributed by atoms with Crippen LogP contribution in [0.4, 0.5) is 0 Å². The largest absolute Gasteiger partial charge is 0.756 e. The standard InChI is InChI=1S/C74H133N2O7P/c1-7-10-13-16-19-22-25-28-30-32-34-36-37-38-39-41-43-45-47-49-52-55-58-61-64-67-74(78)83-72(65-62-59-56-53-50-27-24-21-18-15-12-9-3)71(70-82-84(79,80)81-69-68-76(4,5)6)75-73(77)66-63-60-57-54-51-48-46-44-42-40-35-33-31-29-26-23-20-17-14-11-8-2/h10,13,19-20,22-23,28-31,34,36,38-39,62,65,71-72H,7-9,11-12,14-18,21,24-27,32-33,35,37,40-61,63-64,66-70H2,1-6H3,(H-,75,77,79,80)/b13-10-,22-19-,23-20-,30-28-,31-29-,36-34-,39-38-,65-62+. The fourth-order valence-electron chi connectivity index (χ4n) is 9.87. The van der Waals surface area contributed by atoms with Gasteiger partial charge >= 0.3 is 5.97 Å². The van der Waals surface area contributed by atoms with Crippen LogP contribution in [0.3, 0.4) is 0 Å². The summed E-state index contributed by atoms with van der Waals surface area (Å²) in [6.07, 6.45) is 85.2. The lowest BCUT2D eigenvalue weighted by Gasteiger charge is -2.30. The van der Waals surface area contributed by atoms with Gasteiger partial charge < -0.3 is 28.5 Å². The summed E-state index contributed by atoms with van der Waals surface area (Å²) in [5.74, 6) is -0.547. The Bertz CT molecular complexity index is 1760. The fraction of sp³-hybridized carbons (Fsp3) is 0.757. The number of nitrogens with one attached hydrogen (secondary N) is 1. The van der Waals surface area contributed by atoms with Crippen molar-refractivity contribution in [3.05, 3.63) is 97.2 Å². The molecule has 0 aliphatic heterocycles. The van der Waals surface area contributed by atoms with Gasteiger partial charge in [0.25, 0.3) is 7.82 Å². The van der Waals surface area contributed by atoms with Crippen LogP contribution in [0, 0.1) is 0 Å². The van der Waals surface area contributed by atoms with E-state index in [4.69, 9.17) is 13.8 Å². The number of allylic oxidation sites excluding steroid dienone is 15. The molecule has 3 unspecified atom stereocenters. The van der Waals surface area contributed by atoms with E-state index < -0.39 is 26.6 Å². The summed E-state index contributed by atoms with van der Waals surface area (Å²) in [5, 5.41) is 3.04. The number of esters is 1. The number of quaternary nitrogens is 1. The first-order valence-electron chi connectivity index (χ1n) is 35.0. The van der Waals surface area contributed by atoms with Crippen molar-refractivity contribution in [3.8, 4) is 0 Å². The van der Waals surface area contributed by atoms with E-state index in [2.05, 4.69) is 111 Å². The maximum absolute atomic E-state index is 13.6. The van der Waals surface area contributed by atoms with Gasteiger partial charge in [-0.2, -0.15) is 0 Å². The van der Waals surface area contributed by atoms with Gasteiger partial charge in [-0.05, 0) is 109 Å². The van der Waals surface area contributed by atoms with Crippen molar-refractivity contribution in [2.75, 3.05) is 40.9 Å². The third-order valence-electron chi connectivity index (χ3n) is 15.2. The monoisotopic (exact) mass is 1190 g/mol. The second-order valence-electron chi connectivity index (χ2n) is 24.6. The van der Waals surface area contributed by atoms with Crippen LogP contribution in [0.25, 0.3) is 0 Å². The number of rotatable bonds is 63. The third-order valence-corrected chi connectivity index (χ3v) is 16.2. The average molecular weight is 1190 g/mol. The summed E-state index contributed by atoms with van der Waals surface area (Å²) < 4.78 is 30.4. The molecule has 0 aliphatic rings. The molecule has 1 N–H and O–H groups in total. The highest BCUT2D eigenvalue weighted by molar-refractivity contribution is 7.45. The predicted octanol–water partition coefficient (Wildman–Crippen LogP) is 21.7. The van der Waals surface area contributed by atoms with Crippen LogP contribution in [-0.4, -0.2) is 69.4 Å². The van der Waals surface area contributed by atoms with Crippen molar-refractivity contribution in [2.45, 2.75) is 322 Å². The van der Waals surface area contributed by atoms with Gasteiger partial charge in [-0.15, -0.1) is 0 Å². The Morgan fingerprint density at radius 2 is 0.762 bits per heavy atom. The van der Waals surface area contributed by atoms with E-state index in [1.165, 1.54) is 161 Å². The highest BCUT2D eigenvalue weighted by atomic mass is 31.2. The van der Waals surface area contributed by atoms with E-state index in [0.29, 0.717) is 17.4 Å². The lowest BCUT2D eigenvalue weighted by atomic mass is 10.0. The lowest BCUT2D eigenvalue weighted by molar-refractivity contribution is -0.870. The van der Waals surface area contributed by atoms with Crippen LogP contribution in [0.1, 0.15) is 310 Å². The first-order chi connectivity index (χ1) is 40.9. The fourth-order valence-corrected chi connectivity index (χ4v) is 10.6. The number of carbonyl (C=O) groups is 2. The number of ether oxygens (including phenoxy) is 1. The van der Waals surface area contributed by atoms with Crippen LogP contribution in [-0.2, 0) is 27.9 Å². The predicted molar refractivity (Wildman–Crippen MR) is 362 cm³/mol. The Hall–Kier alpha value is -3.07.